The van der Waals surface area contributed by atoms with Crippen molar-refractivity contribution in [1.82, 2.24) is 27.9 Å². The summed E-state index contributed by atoms with van der Waals surface area (Å²) in [5.74, 6) is -0.0594. The smallest absolute Gasteiger partial charge is 0.245 e. The van der Waals surface area contributed by atoms with E-state index in [9.17, 15) is 13.2 Å². The number of hydrogen-bond acceptors (Lipinski definition) is 9. The predicted octanol–water partition coefficient (Wildman–Crippen LogP) is 2.29. The largest absolute Gasteiger partial charge is 0.340 e. The number of piperazine rings is 1. The van der Waals surface area contributed by atoms with Crippen LogP contribution in [0.3, 0.4) is 0 Å². The van der Waals surface area contributed by atoms with Gasteiger partial charge in [-0.25, -0.2) is 13.4 Å². The Morgan fingerprint density at radius 1 is 1.06 bits per heavy atom. The molecule has 0 unspecified atom stereocenters. The van der Waals surface area contributed by atoms with Crippen LogP contribution in [0.4, 0.5) is 0 Å². The van der Waals surface area contributed by atoms with Gasteiger partial charge in [0.05, 0.1) is 23.8 Å². The topological polar surface area (TPSA) is 109 Å². The van der Waals surface area contributed by atoms with Gasteiger partial charge in [-0.2, -0.15) is 13.1 Å². The molecule has 12 heteroatoms. The molecular weight excluding hydrogens is 468 g/mol. The molecule has 1 fully saturated rings. The van der Waals surface area contributed by atoms with Crippen molar-refractivity contribution in [3.8, 4) is 10.6 Å². The number of benzene rings is 1. The highest BCUT2D eigenvalue weighted by atomic mass is 32.2. The maximum atomic E-state index is 13.1. The number of nitrogens with zero attached hydrogens (tertiary/aromatic N) is 6. The van der Waals surface area contributed by atoms with Gasteiger partial charge in [-0.15, -0.1) is 11.3 Å². The predicted molar refractivity (Wildman–Crippen MR) is 122 cm³/mol. The average molecular weight is 487 g/mol. The second-order valence-corrected chi connectivity index (χ2v) is 10.5. The van der Waals surface area contributed by atoms with Crippen molar-refractivity contribution in [2.75, 3.05) is 26.2 Å². The van der Waals surface area contributed by atoms with Crippen LogP contribution in [0.1, 0.15) is 5.69 Å². The summed E-state index contributed by atoms with van der Waals surface area (Å²) in [7, 11) is -3.71. The van der Waals surface area contributed by atoms with Crippen molar-refractivity contribution in [3.05, 3.63) is 53.8 Å². The van der Waals surface area contributed by atoms with Crippen molar-refractivity contribution in [3.63, 3.8) is 0 Å². The summed E-state index contributed by atoms with van der Waals surface area (Å²) in [5, 5.41) is 2.70. The number of aromatic nitrogens is 4. The van der Waals surface area contributed by atoms with E-state index in [4.69, 9.17) is 0 Å². The van der Waals surface area contributed by atoms with E-state index in [1.165, 1.54) is 15.6 Å². The SMILES string of the molecule is O=C(Cc1csc(-c2cccnc2)n1)N1CCN(S(=O)(=O)c2cccc3nsnc23)CC1. The first-order valence-electron chi connectivity index (χ1n) is 9.86. The summed E-state index contributed by atoms with van der Waals surface area (Å²) in [5.41, 5.74) is 2.58. The molecular formula is C20H18N6O3S3. The lowest BCUT2D eigenvalue weighted by Gasteiger charge is -2.34. The van der Waals surface area contributed by atoms with Crippen LogP contribution in [-0.4, -0.2) is 68.4 Å². The fourth-order valence-corrected chi connectivity index (χ4v) is 6.57. The van der Waals surface area contributed by atoms with Crippen molar-refractivity contribution in [2.45, 2.75) is 11.3 Å². The molecule has 1 aromatic carbocycles. The van der Waals surface area contributed by atoms with Crippen molar-refractivity contribution < 1.29 is 13.2 Å². The Morgan fingerprint density at radius 2 is 1.91 bits per heavy atom. The summed E-state index contributed by atoms with van der Waals surface area (Å²) >= 11 is 2.47. The Bertz CT molecular complexity index is 1360. The molecule has 0 spiro atoms. The lowest BCUT2D eigenvalue weighted by molar-refractivity contribution is -0.131. The molecule has 5 rings (SSSR count). The third-order valence-electron chi connectivity index (χ3n) is 5.25. The van der Waals surface area contributed by atoms with Gasteiger partial charge in [0.25, 0.3) is 0 Å². The van der Waals surface area contributed by atoms with Crippen LogP contribution in [0.2, 0.25) is 0 Å². The third-order valence-corrected chi connectivity index (χ3v) is 8.66. The quantitative estimate of drug-likeness (QED) is 0.426. The van der Waals surface area contributed by atoms with Gasteiger partial charge in [0.2, 0.25) is 15.9 Å². The van der Waals surface area contributed by atoms with Crippen LogP contribution in [0.5, 0.6) is 0 Å². The zero-order chi connectivity index (χ0) is 22.1. The Balaban J connectivity index is 1.23. The first-order chi connectivity index (χ1) is 15.5. The monoisotopic (exact) mass is 486 g/mol. The minimum absolute atomic E-state index is 0.0594. The zero-order valence-electron chi connectivity index (χ0n) is 16.8. The van der Waals surface area contributed by atoms with Gasteiger partial charge in [0.15, 0.2) is 0 Å². The van der Waals surface area contributed by atoms with E-state index >= 15 is 0 Å². The number of fused-ring (bicyclic) bond motifs is 1. The van der Waals surface area contributed by atoms with E-state index in [0.29, 0.717) is 29.8 Å². The molecule has 0 bridgehead atoms. The van der Waals surface area contributed by atoms with Gasteiger partial charge in [-0.3, -0.25) is 9.78 Å². The summed E-state index contributed by atoms with van der Waals surface area (Å²) in [6.07, 6.45) is 3.63. The molecule has 0 aliphatic carbocycles. The third kappa shape index (κ3) is 4.01. The number of amides is 1. The highest BCUT2D eigenvalue weighted by molar-refractivity contribution is 7.89. The first kappa shape index (κ1) is 21.1. The van der Waals surface area contributed by atoms with E-state index in [0.717, 1.165) is 22.3 Å². The second-order valence-electron chi connectivity index (χ2n) is 7.24. The molecule has 4 heterocycles. The fourth-order valence-electron chi connectivity index (χ4n) is 3.58. The molecule has 164 valence electrons. The number of carbonyl (C=O) groups is 1. The molecule has 3 aromatic heterocycles. The fraction of sp³-hybridized carbons (Fsp3) is 0.250. The standard InChI is InChI=1S/C20H18N6O3S3/c27-18(11-15-13-30-20(22-15)14-3-2-6-21-12-14)25-7-9-26(10-8-25)32(28,29)17-5-1-4-16-19(17)24-31-23-16/h1-6,12-13H,7-11H2. The molecule has 0 radical (unpaired) electrons. The summed E-state index contributed by atoms with van der Waals surface area (Å²) in [6.45, 7) is 1.14. The van der Waals surface area contributed by atoms with Gasteiger partial charge in [0, 0.05) is 49.5 Å². The van der Waals surface area contributed by atoms with E-state index in [2.05, 4.69) is 18.7 Å². The zero-order valence-corrected chi connectivity index (χ0v) is 19.2. The Morgan fingerprint density at radius 3 is 2.69 bits per heavy atom. The normalized spacial score (nSPS) is 15.3. The molecule has 1 amide bonds. The van der Waals surface area contributed by atoms with Gasteiger partial charge < -0.3 is 4.90 Å². The molecule has 0 saturated carbocycles. The number of sulfonamides is 1. The summed E-state index contributed by atoms with van der Waals surface area (Å²) < 4.78 is 36.0. The van der Waals surface area contributed by atoms with E-state index in [-0.39, 0.29) is 30.3 Å². The summed E-state index contributed by atoms with van der Waals surface area (Å²) in [4.78, 5) is 23.3. The highest BCUT2D eigenvalue weighted by Crippen LogP contribution is 2.26. The molecule has 1 saturated heterocycles. The lowest BCUT2D eigenvalue weighted by atomic mass is 10.2. The molecule has 0 N–H and O–H groups in total. The highest BCUT2D eigenvalue weighted by Gasteiger charge is 2.32. The molecule has 4 aromatic rings. The van der Waals surface area contributed by atoms with Crippen LogP contribution in [0.15, 0.2) is 53.0 Å². The maximum Gasteiger partial charge on any atom is 0.245 e. The van der Waals surface area contributed by atoms with Crippen LogP contribution < -0.4 is 0 Å². The molecule has 32 heavy (non-hydrogen) atoms. The minimum Gasteiger partial charge on any atom is -0.340 e. The van der Waals surface area contributed by atoms with E-state index < -0.39 is 10.0 Å². The minimum atomic E-state index is -3.71. The van der Waals surface area contributed by atoms with Gasteiger partial charge in [-0.1, -0.05) is 6.07 Å². The average Bonchev–Trinajstić information content (AvgIpc) is 3.49. The van der Waals surface area contributed by atoms with Crippen molar-refractivity contribution >= 4 is 50.0 Å². The van der Waals surface area contributed by atoms with Crippen LogP contribution in [-0.2, 0) is 21.2 Å². The number of rotatable bonds is 5. The second kappa shape index (κ2) is 8.62. The van der Waals surface area contributed by atoms with Crippen LogP contribution >= 0.6 is 23.1 Å². The molecule has 1 aliphatic heterocycles. The summed E-state index contributed by atoms with van der Waals surface area (Å²) in [6, 6.07) is 8.75. The van der Waals surface area contributed by atoms with Crippen molar-refractivity contribution in [2.24, 2.45) is 0 Å². The van der Waals surface area contributed by atoms with Crippen LogP contribution in [0.25, 0.3) is 21.6 Å². The van der Waals surface area contributed by atoms with E-state index in [1.807, 2.05) is 17.5 Å². The number of carbonyl (C=O) groups excluding carboxylic acids is 1. The Labute approximate surface area is 192 Å². The first-order valence-corrected chi connectivity index (χ1v) is 12.9. The van der Waals surface area contributed by atoms with Gasteiger partial charge in [0.1, 0.15) is 20.9 Å². The number of hydrogen-bond donors (Lipinski definition) is 0. The van der Waals surface area contributed by atoms with Gasteiger partial charge in [-0.05, 0) is 24.3 Å². The molecule has 1 aliphatic rings. The molecule has 0 atom stereocenters. The van der Waals surface area contributed by atoms with Crippen LogP contribution in [0, 0.1) is 0 Å². The van der Waals surface area contributed by atoms with Gasteiger partial charge >= 0.3 is 0 Å². The maximum absolute atomic E-state index is 13.1. The lowest BCUT2D eigenvalue weighted by Crippen LogP contribution is -2.50. The Hall–Kier alpha value is -2.80. The molecule has 9 nitrogen and oxygen atoms in total. The van der Waals surface area contributed by atoms with Crippen molar-refractivity contribution in [1.29, 1.82) is 0 Å². The number of pyridine rings is 1. The number of thiazole rings is 1. The Kier molecular flexibility index (Phi) is 5.67. The van der Waals surface area contributed by atoms with E-state index in [1.54, 1.807) is 35.5 Å².